The molecule has 1 heterocycles. The first kappa shape index (κ1) is 16.4. The van der Waals surface area contributed by atoms with Crippen LogP contribution in [-0.2, 0) is 0 Å². The monoisotopic (exact) mass is 419 g/mol. The minimum absolute atomic E-state index is 0. The van der Waals surface area contributed by atoms with Crippen LogP contribution in [0.5, 0.6) is 0 Å². The summed E-state index contributed by atoms with van der Waals surface area (Å²) < 4.78 is 0. The van der Waals surface area contributed by atoms with E-state index in [1.54, 1.807) is 6.20 Å². The molecule has 3 nitrogen and oxygen atoms in total. The van der Waals surface area contributed by atoms with Crippen molar-refractivity contribution in [1.29, 1.82) is 0 Å². The van der Waals surface area contributed by atoms with E-state index in [0.29, 0.717) is 0 Å². The van der Waals surface area contributed by atoms with Crippen LogP contribution in [0.4, 0.5) is 5.95 Å². The molecule has 0 aliphatic carbocycles. The van der Waals surface area contributed by atoms with Crippen LogP contribution in [0.1, 0.15) is 26.0 Å². The van der Waals surface area contributed by atoms with Crippen LogP contribution in [-0.4, -0.2) is 24.1 Å². The molecular formula is C10H19N3U. The van der Waals surface area contributed by atoms with Gasteiger partial charge in [-0.2, -0.15) is 0 Å². The van der Waals surface area contributed by atoms with Crippen LogP contribution >= 0.6 is 0 Å². The summed E-state index contributed by atoms with van der Waals surface area (Å²) in [7, 11) is 3.85. The Bertz CT molecular complexity index is 239. The normalized spacial score (nSPS) is 8.07. The smallest absolute Gasteiger partial charge is 0.224 e. The zero-order valence-corrected chi connectivity index (χ0v) is 13.9. The molecule has 0 N–H and O–H groups in total. The number of rotatable bonds is 1. The van der Waals surface area contributed by atoms with Crippen molar-refractivity contribution in [2.24, 2.45) is 0 Å². The van der Waals surface area contributed by atoms with E-state index < -0.39 is 0 Å². The Kier molecular flexibility index (Phi) is 11.1. The largest absolute Gasteiger partial charge is 0.347 e. The summed E-state index contributed by atoms with van der Waals surface area (Å²) in [5.41, 5.74) is 0.999. The third kappa shape index (κ3) is 7.35. The zero-order valence-electron chi connectivity index (χ0n) is 9.70. The molecule has 0 spiro atoms. The molecule has 0 atom stereocenters. The first-order chi connectivity index (χ1) is 6.11. The summed E-state index contributed by atoms with van der Waals surface area (Å²) in [6.45, 7) is 6.20. The third-order valence-corrected chi connectivity index (χ3v) is 1.18. The fraction of sp³-hybridized carbons (Fsp3) is 0.600. The van der Waals surface area contributed by atoms with E-state index in [4.69, 9.17) is 0 Å². The van der Waals surface area contributed by atoms with Crippen molar-refractivity contribution in [3.05, 3.63) is 18.0 Å². The second-order valence-electron chi connectivity index (χ2n) is 3.10. The molecular weight excluding hydrogens is 400 g/mol. The fourth-order valence-corrected chi connectivity index (χ4v) is 0.651. The third-order valence-electron chi connectivity index (χ3n) is 1.18. The predicted octanol–water partition coefficient (Wildman–Crippen LogP) is 2.27. The van der Waals surface area contributed by atoms with Crippen molar-refractivity contribution in [3.63, 3.8) is 0 Å². The molecule has 4 heteroatoms. The van der Waals surface area contributed by atoms with Gasteiger partial charge in [0.1, 0.15) is 0 Å². The molecule has 0 saturated heterocycles. The van der Waals surface area contributed by atoms with E-state index >= 15 is 0 Å². The van der Waals surface area contributed by atoms with Crippen molar-refractivity contribution >= 4 is 5.95 Å². The van der Waals surface area contributed by atoms with Crippen LogP contribution in [0.25, 0.3) is 0 Å². The topological polar surface area (TPSA) is 29.0 Å². The SMILES string of the molecule is CCC.Cc1ccnc(N(C)C)n1.[U]. The average Bonchev–Trinajstić information content (AvgIpc) is 2.05. The molecule has 1 aromatic heterocycles. The van der Waals surface area contributed by atoms with E-state index in [2.05, 4.69) is 23.8 Å². The number of hydrogen-bond acceptors (Lipinski definition) is 3. The summed E-state index contributed by atoms with van der Waals surface area (Å²) in [5.74, 6) is 0.764. The van der Waals surface area contributed by atoms with Crippen LogP contribution < -0.4 is 4.90 Å². The van der Waals surface area contributed by atoms with Crippen molar-refractivity contribution in [2.75, 3.05) is 19.0 Å². The maximum atomic E-state index is 4.19. The minimum atomic E-state index is 0. The van der Waals surface area contributed by atoms with Gasteiger partial charge in [0, 0.05) is 57.1 Å². The molecule has 0 aliphatic heterocycles. The average molecular weight is 419 g/mol. The number of nitrogens with zero attached hydrogens (tertiary/aromatic N) is 3. The quantitative estimate of drug-likeness (QED) is 0.700. The second-order valence-corrected chi connectivity index (χ2v) is 3.10. The standard InChI is InChI=1S/C7H11N3.C3H8.U/c1-6-4-5-8-7(9-6)10(2)3;1-3-2;/h4-5H,1-3H3;3H2,1-2H3;. The molecule has 14 heavy (non-hydrogen) atoms. The van der Waals surface area contributed by atoms with Crippen LogP contribution in [0, 0.1) is 38.0 Å². The van der Waals surface area contributed by atoms with Gasteiger partial charge in [0.2, 0.25) is 5.95 Å². The van der Waals surface area contributed by atoms with Crippen molar-refractivity contribution in [2.45, 2.75) is 27.2 Å². The number of anilines is 1. The van der Waals surface area contributed by atoms with E-state index in [1.165, 1.54) is 6.42 Å². The molecule has 0 fully saturated rings. The van der Waals surface area contributed by atoms with Gasteiger partial charge in [-0.1, -0.05) is 20.3 Å². The first-order valence-corrected chi connectivity index (χ1v) is 4.58. The maximum Gasteiger partial charge on any atom is 0.224 e. The Balaban J connectivity index is 0. The van der Waals surface area contributed by atoms with Gasteiger partial charge < -0.3 is 4.90 Å². The second kappa shape index (κ2) is 9.49. The Morgan fingerprint density at radius 2 is 1.79 bits per heavy atom. The molecule has 0 unspecified atom stereocenters. The number of hydrogen-bond donors (Lipinski definition) is 0. The van der Waals surface area contributed by atoms with E-state index in [0.717, 1.165) is 11.6 Å². The van der Waals surface area contributed by atoms with Gasteiger partial charge in [-0.25, -0.2) is 9.97 Å². The van der Waals surface area contributed by atoms with Gasteiger partial charge in [0.15, 0.2) is 0 Å². The molecule has 1 rings (SSSR count). The van der Waals surface area contributed by atoms with E-state index in [1.807, 2.05) is 32.0 Å². The summed E-state index contributed by atoms with van der Waals surface area (Å²) in [6, 6.07) is 1.88. The first-order valence-electron chi connectivity index (χ1n) is 4.58. The van der Waals surface area contributed by atoms with E-state index in [-0.39, 0.29) is 31.1 Å². The van der Waals surface area contributed by atoms with E-state index in [9.17, 15) is 0 Å². The van der Waals surface area contributed by atoms with Gasteiger partial charge in [-0.15, -0.1) is 0 Å². The van der Waals surface area contributed by atoms with Gasteiger partial charge >= 0.3 is 0 Å². The van der Waals surface area contributed by atoms with Crippen LogP contribution in [0.2, 0.25) is 0 Å². The Hall–Kier alpha value is -0.0681. The van der Waals surface area contributed by atoms with Gasteiger partial charge in [0.25, 0.3) is 0 Å². The maximum absolute atomic E-state index is 4.19. The summed E-state index contributed by atoms with van der Waals surface area (Å²) in [5, 5.41) is 0. The predicted molar refractivity (Wildman–Crippen MR) is 57.1 cm³/mol. The fourth-order valence-electron chi connectivity index (χ4n) is 0.651. The molecule has 0 radical (unpaired) electrons. The van der Waals surface area contributed by atoms with Gasteiger partial charge in [-0.3, -0.25) is 0 Å². The minimum Gasteiger partial charge on any atom is -0.347 e. The Morgan fingerprint density at radius 1 is 1.29 bits per heavy atom. The molecule has 1 aromatic rings. The van der Waals surface area contributed by atoms with Crippen molar-refractivity contribution < 1.29 is 31.1 Å². The zero-order chi connectivity index (χ0) is 10.3. The summed E-state index contributed by atoms with van der Waals surface area (Å²) in [4.78, 5) is 10.1. The Morgan fingerprint density at radius 3 is 2.07 bits per heavy atom. The molecule has 0 bridgehead atoms. The van der Waals surface area contributed by atoms with Crippen LogP contribution in [0.15, 0.2) is 12.3 Å². The van der Waals surface area contributed by atoms with Crippen molar-refractivity contribution in [3.8, 4) is 0 Å². The summed E-state index contributed by atoms with van der Waals surface area (Å²) in [6.07, 6.45) is 3.01. The number of aryl methyl sites for hydroxylation is 1. The molecule has 0 aromatic carbocycles. The number of aromatic nitrogens is 2. The molecule has 0 amide bonds. The molecule has 0 saturated carbocycles. The van der Waals surface area contributed by atoms with Crippen molar-refractivity contribution in [1.82, 2.24) is 9.97 Å². The van der Waals surface area contributed by atoms with Gasteiger partial charge in [0.05, 0.1) is 0 Å². The van der Waals surface area contributed by atoms with Crippen LogP contribution in [0.3, 0.4) is 0 Å². The van der Waals surface area contributed by atoms with Gasteiger partial charge in [-0.05, 0) is 13.0 Å². The molecule has 0 aliphatic rings. The Labute approximate surface area is 111 Å². The molecule has 78 valence electrons. The summed E-state index contributed by atoms with van der Waals surface area (Å²) >= 11 is 0.